The molecule has 1 aromatic heterocycles. The Labute approximate surface area is 117 Å². The number of halogens is 2. The maximum atomic E-state index is 13.1. The number of hydrogen-bond donors (Lipinski definition) is 1. The Morgan fingerprint density at radius 3 is 2.58 bits per heavy atom. The molecule has 1 unspecified atom stereocenters. The van der Waals surface area contributed by atoms with Crippen molar-refractivity contribution in [3.8, 4) is 0 Å². The second-order valence-corrected chi connectivity index (χ2v) is 4.95. The van der Waals surface area contributed by atoms with Gasteiger partial charge in [0.05, 0.1) is 10.7 Å². The highest BCUT2D eigenvalue weighted by molar-refractivity contribution is 6.30. The summed E-state index contributed by atoms with van der Waals surface area (Å²) in [6, 6.07) is 10.8. The van der Waals surface area contributed by atoms with Gasteiger partial charge in [0.2, 0.25) is 0 Å². The SMILES string of the molecule is CC(N[C@H](C)c1ccccn1)c1ccc(F)c(Cl)c1. The number of hydrogen-bond acceptors (Lipinski definition) is 2. The number of nitrogens with one attached hydrogen (secondary N) is 1. The molecule has 0 aliphatic rings. The van der Waals surface area contributed by atoms with E-state index in [1.54, 1.807) is 18.3 Å². The third kappa shape index (κ3) is 3.52. The van der Waals surface area contributed by atoms with Crippen molar-refractivity contribution in [3.05, 3.63) is 64.7 Å². The molecule has 0 bridgehead atoms. The molecule has 0 amide bonds. The monoisotopic (exact) mass is 278 g/mol. The minimum atomic E-state index is -0.393. The van der Waals surface area contributed by atoms with Crippen LogP contribution in [0.4, 0.5) is 4.39 Å². The standard InChI is InChI=1S/C15H16ClFN2/c1-10(12-6-7-14(17)13(16)9-12)19-11(2)15-5-3-4-8-18-15/h3-11,19H,1-2H3/t10?,11-/m1/s1. The van der Waals surface area contributed by atoms with Crippen molar-refractivity contribution >= 4 is 11.6 Å². The fraction of sp³-hybridized carbons (Fsp3) is 0.267. The molecule has 0 saturated carbocycles. The Hall–Kier alpha value is -1.45. The predicted molar refractivity (Wildman–Crippen MR) is 75.6 cm³/mol. The van der Waals surface area contributed by atoms with Crippen LogP contribution in [0.3, 0.4) is 0 Å². The lowest BCUT2D eigenvalue weighted by Crippen LogP contribution is -2.23. The summed E-state index contributed by atoms with van der Waals surface area (Å²) in [6.45, 7) is 4.06. The molecular weight excluding hydrogens is 263 g/mol. The van der Waals surface area contributed by atoms with Crippen LogP contribution in [0.25, 0.3) is 0 Å². The maximum absolute atomic E-state index is 13.1. The van der Waals surface area contributed by atoms with Crippen LogP contribution in [0, 0.1) is 5.82 Å². The topological polar surface area (TPSA) is 24.9 Å². The fourth-order valence-corrected chi connectivity index (χ4v) is 2.16. The number of nitrogens with zero attached hydrogens (tertiary/aromatic N) is 1. The number of pyridine rings is 1. The fourth-order valence-electron chi connectivity index (χ4n) is 1.97. The van der Waals surface area contributed by atoms with Crippen molar-refractivity contribution in [2.75, 3.05) is 0 Å². The second-order valence-electron chi connectivity index (χ2n) is 4.54. The molecule has 1 heterocycles. The molecule has 0 aliphatic heterocycles. The smallest absolute Gasteiger partial charge is 0.141 e. The molecule has 100 valence electrons. The van der Waals surface area contributed by atoms with Crippen molar-refractivity contribution in [1.29, 1.82) is 0 Å². The third-order valence-corrected chi connectivity index (χ3v) is 3.36. The van der Waals surface area contributed by atoms with E-state index in [1.165, 1.54) is 6.07 Å². The van der Waals surface area contributed by atoms with Crippen LogP contribution in [-0.2, 0) is 0 Å². The first-order valence-electron chi connectivity index (χ1n) is 6.20. The Morgan fingerprint density at radius 2 is 1.95 bits per heavy atom. The molecule has 2 rings (SSSR count). The van der Waals surface area contributed by atoms with E-state index in [9.17, 15) is 4.39 Å². The molecule has 1 aromatic carbocycles. The Balaban J connectivity index is 2.08. The van der Waals surface area contributed by atoms with Crippen molar-refractivity contribution in [3.63, 3.8) is 0 Å². The first kappa shape index (κ1) is 14.0. The lowest BCUT2D eigenvalue weighted by molar-refractivity contribution is 0.485. The number of rotatable bonds is 4. The van der Waals surface area contributed by atoms with Gasteiger partial charge in [-0.3, -0.25) is 4.98 Å². The summed E-state index contributed by atoms with van der Waals surface area (Å²) in [6.07, 6.45) is 1.77. The zero-order valence-electron chi connectivity index (χ0n) is 10.9. The lowest BCUT2D eigenvalue weighted by atomic mass is 10.1. The van der Waals surface area contributed by atoms with Crippen molar-refractivity contribution in [2.45, 2.75) is 25.9 Å². The Kier molecular flexibility index (Phi) is 4.51. The normalized spacial score (nSPS) is 14.1. The van der Waals surface area contributed by atoms with Gasteiger partial charge in [-0.25, -0.2) is 4.39 Å². The van der Waals surface area contributed by atoms with Crippen molar-refractivity contribution in [2.24, 2.45) is 0 Å². The molecule has 2 nitrogen and oxygen atoms in total. The zero-order chi connectivity index (χ0) is 13.8. The molecule has 1 N–H and O–H groups in total. The highest BCUT2D eigenvalue weighted by Gasteiger charge is 2.13. The van der Waals surface area contributed by atoms with Crippen LogP contribution in [0.5, 0.6) is 0 Å². The van der Waals surface area contributed by atoms with E-state index in [1.807, 2.05) is 32.0 Å². The molecule has 2 atom stereocenters. The number of aromatic nitrogens is 1. The van der Waals surface area contributed by atoms with E-state index >= 15 is 0 Å². The average Bonchev–Trinajstić information content (AvgIpc) is 2.42. The molecule has 0 fully saturated rings. The quantitative estimate of drug-likeness (QED) is 0.903. The van der Waals surface area contributed by atoms with E-state index in [0.717, 1.165) is 11.3 Å². The predicted octanol–water partition coefficient (Wildman–Crippen LogP) is 4.29. The summed E-state index contributed by atoms with van der Waals surface area (Å²) in [7, 11) is 0. The van der Waals surface area contributed by atoms with E-state index in [0.29, 0.717) is 0 Å². The third-order valence-electron chi connectivity index (χ3n) is 3.08. The summed E-state index contributed by atoms with van der Waals surface area (Å²) < 4.78 is 13.1. The number of benzene rings is 1. The van der Waals surface area contributed by atoms with Crippen LogP contribution in [-0.4, -0.2) is 4.98 Å². The van der Waals surface area contributed by atoms with E-state index in [4.69, 9.17) is 11.6 Å². The molecular formula is C15H16ClFN2. The molecule has 0 radical (unpaired) electrons. The summed E-state index contributed by atoms with van der Waals surface area (Å²) in [4.78, 5) is 4.31. The summed E-state index contributed by atoms with van der Waals surface area (Å²) in [5, 5.41) is 3.57. The van der Waals surface area contributed by atoms with Crippen molar-refractivity contribution in [1.82, 2.24) is 10.3 Å². The van der Waals surface area contributed by atoms with Gasteiger partial charge < -0.3 is 5.32 Å². The summed E-state index contributed by atoms with van der Waals surface area (Å²) in [5.74, 6) is -0.393. The zero-order valence-corrected chi connectivity index (χ0v) is 11.7. The van der Waals surface area contributed by atoms with Crippen LogP contribution >= 0.6 is 11.6 Å². The Bertz CT molecular complexity index is 545. The van der Waals surface area contributed by atoms with Crippen LogP contribution < -0.4 is 5.32 Å². The molecule has 19 heavy (non-hydrogen) atoms. The minimum absolute atomic E-state index is 0.0649. The first-order valence-corrected chi connectivity index (χ1v) is 6.57. The molecule has 0 aliphatic carbocycles. The van der Waals surface area contributed by atoms with Gasteiger partial charge in [-0.15, -0.1) is 0 Å². The minimum Gasteiger partial charge on any atom is -0.302 e. The van der Waals surface area contributed by atoms with Gasteiger partial charge in [-0.05, 0) is 43.7 Å². The second kappa shape index (κ2) is 6.13. The van der Waals surface area contributed by atoms with Gasteiger partial charge in [0.25, 0.3) is 0 Å². The molecule has 0 saturated heterocycles. The summed E-state index contributed by atoms with van der Waals surface area (Å²) in [5.41, 5.74) is 1.93. The van der Waals surface area contributed by atoms with Gasteiger partial charge >= 0.3 is 0 Å². The van der Waals surface area contributed by atoms with Crippen LogP contribution in [0.15, 0.2) is 42.6 Å². The van der Waals surface area contributed by atoms with Crippen LogP contribution in [0.2, 0.25) is 5.02 Å². The summed E-state index contributed by atoms with van der Waals surface area (Å²) >= 11 is 5.80. The van der Waals surface area contributed by atoms with Gasteiger partial charge in [-0.2, -0.15) is 0 Å². The van der Waals surface area contributed by atoms with Gasteiger partial charge in [0.1, 0.15) is 5.82 Å². The lowest BCUT2D eigenvalue weighted by Gasteiger charge is -2.20. The van der Waals surface area contributed by atoms with E-state index in [2.05, 4.69) is 10.3 Å². The largest absolute Gasteiger partial charge is 0.302 e. The van der Waals surface area contributed by atoms with Gasteiger partial charge in [0, 0.05) is 18.3 Å². The van der Waals surface area contributed by atoms with Gasteiger partial charge in [0.15, 0.2) is 0 Å². The first-order chi connectivity index (χ1) is 9.08. The van der Waals surface area contributed by atoms with E-state index < -0.39 is 5.82 Å². The maximum Gasteiger partial charge on any atom is 0.141 e. The van der Waals surface area contributed by atoms with Crippen molar-refractivity contribution < 1.29 is 4.39 Å². The Morgan fingerprint density at radius 1 is 1.16 bits per heavy atom. The highest BCUT2D eigenvalue weighted by Crippen LogP contribution is 2.22. The molecule has 4 heteroatoms. The molecule has 2 aromatic rings. The average molecular weight is 279 g/mol. The van der Waals surface area contributed by atoms with E-state index in [-0.39, 0.29) is 17.1 Å². The highest BCUT2D eigenvalue weighted by atomic mass is 35.5. The molecule has 0 spiro atoms. The van der Waals surface area contributed by atoms with Crippen LogP contribution in [0.1, 0.15) is 37.2 Å². The van der Waals surface area contributed by atoms with Gasteiger partial charge in [-0.1, -0.05) is 23.7 Å².